The number of aliphatic carboxylic acids is 1. The first-order chi connectivity index (χ1) is 8.95. The van der Waals surface area contributed by atoms with Crippen molar-refractivity contribution in [1.29, 1.82) is 0 Å². The largest absolute Gasteiger partial charge is 0.481 e. The maximum absolute atomic E-state index is 12.1. The summed E-state index contributed by atoms with van der Waals surface area (Å²) < 4.78 is 0. The van der Waals surface area contributed by atoms with Crippen molar-refractivity contribution in [3.63, 3.8) is 0 Å². The molecule has 1 amide bonds. The van der Waals surface area contributed by atoms with Gasteiger partial charge in [-0.25, -0.2) is 0 Å². The molecule has 4 heteroatoms. The molecule has 0 fully saturated rings. The van der Waals surface area contributed by atoms with Crippen molar-refractivity contribution in [2.24, 2.45) is 0 Å². The van der Waals surface area contributed by atoms with Gasteiger partial charge in [0.1, 0.15) is 0 Å². The molecule has 1 aromatic rings. The number of hydrogen-bond acceptors (Lipinski definition) is 2. The molecule has 0 aliphatic heterocycles. The van der Waals surface area contributed by atoms with E-state index in [1.807, 2.05) is 39.0 Å². The van der Waals surface area contributed by atoms with E-state index >= 15 is 0 Å². The SMILES string of the molecule is CCCNC(=O)C(CC(=O)O)c1cc(C)ccc1C. The van der Waals surface area contributed by atoms with Gasteiger partial charge in [0.2, 0.25) is 5.91 Å². The van der Waals surface area contributed by atoms with Gasteiger partial charge in [0.15, 0.2) is 0 Å². The molecule has 0 aliphatic rings. The van der Waals surface area contributed by atoms with Crippen LogP contribution in [0.15, 0.2) is 18.2 Å². The molecule has 0 spiro atoms. The van der Waals surface area contributed by atoms with Crippen LogP contribution in [0.4, 0.5) is 0 Å². The normalized spacial score (nSPS) is 11.9. The number of aryl methyl sites for hydroxylation is 2. The number of carbonyl (C=O) groups excluding carboxylic acids is 1. The summed E-state index contributed by atoms with van der Waals surface area (Å²) in [4.78, 5) is 23.1. The summed E-state index contributed by atoms with van der Waals surface area (Å²) in [6.45, 7) is 6.37. The van der Waals surface area contributed by atoms with Gasteiger partial charge < -0.3 is 10.4 Å². The van der Waals surface area contributed by atoms with Gasteiger partial charge in [-0.3, -0.25) is 9.59 Å². The molecule has 0 heterocycles. The Bertz CT molecular complexity index is 468. The lowest BCUT2D eigenvalue weighted by Crippen LogP contribution is -2.31. The minimum Gasteiger partial charge on any atom is -0.481 e. The Labute approximate surface area is 113 Å². The molecular weight excluding hydrogens is 242 g/mol. The highest BCUT2D eigenvalue weighted by atomic mass is 16.4. The molecule has 0 radical (unpaired) electrons. The van der Waals surface area contributed by atoms with Crippen molar-refractivity contribution in [2.75, 3.05) is 6.54 Å². The Morgan fingerprint density at radius 1 is 1.32 bits per heavy atom. The number of carboxylic acid groups (broad SMARTS) is 1. The van der Waals surface area contributed by atoms with E-state index in [2.05, 4.69) is 5.32 Å². The van der Waals surface area contributed by atoms with Crippen molar-refractivity contribution in [3.8, 4) is 0 Å². The summed E-state index contributed by atoms with van der Waals surface area (Å²) in [5, 5.41) is 11.8. The molecule has 0 saturated heterocycles. The lowest BCUT2D eigenvalue weighted by atomic mass is 9.90. The van der Waals surface area contributed by atoms with Crippen LogP contribution < -0.4 is 5.32 Å². The van der Waals surface area contributed by atoms with Crippen LogP contribution in [0, 0.1) is 13.8 Å². The smallest absolute Gasteiger partial charge is 0.304 e. The fraction of sp³-hybridized carbons (Fsp3) is 0.467. The third-order valence-electron chi connectivity index (χ3n) is 3.05. The van der Waals surface area contributed by atoms with Crippen molar-refractivity contribution < 1.29 is 14.7 Å². The van der Waals surface area contributed by atoms with E-state index in [0.717, 1.165) is 23.1 Å². The Hall–Kier alpha value is -1.84. The number of hydrogen-bond donors (Lipinski definition) is 2. The molecule has 0 bridgehead atoms. The lowest BCUT2D eigenvalue weighted by Gasteiger charge is -2.18. The van der Waals surface area contributed by atoms with E-state index in [-0.39, 0.29) is 12.3 Å². The third kappa shape index (κ3) is 4.39. The monoisotopic (exact) mass is 263 g/mol. The lowest BCUT2D eigenvalue weighted by molar-refractivity contribution is -0.139. The van der Waals surface area contributed by atoms with E-state index < -0.39 is 11.9 Å². The summed E-state index contributed by atoms with van der Waals surface area (Å²) in [5.41, 5.74) is 2.78. The first-order valence-electron chi connectivity index (χ1n) is 6.52. The average molecular weight is 263 g/mol. The van der Waals surface area contributed by atoms with Gasteiger partial charge in [0.05, 0.1) is 12.3 Å². The fourth-order valence-electron chi connectivity index (χ4n) is 2.03. The van der Waals surface area contributed by atoms with Crippen molar-refractivity contribution in [2.45, 2.75) is 39.5 Å². The van der Waals surface area contributed by atoms with Crippen LogP contribution in [0.25, 0.3) is 0 Å². The Morgan fingerprint density at radius 3 is 2.58 bits per heavy atom. The Balaban J connectivity index is 3.04. The number of carbonyl (C=O) groups is 2. The highest BCUT2D eigenvalue weighted by Gasteiger charge is 2.24. The standard InChI is InChI=1S/C15H21NO3/c1-4-7-16-15(19)13(9-14(17)18)12-8-10(2)5-6-11(12)3/h5-6,8,13H,4,7,9H2,1-3H3,(H,16,19)(H,17,18). The predicted molar refractivity (Wildman–Crippen MR) is 74.2 cm³/mol. The maximum atomic E-state index is 12.1. The van der Waals surface area contributed by atoms with E-state index in [9.17, 15) is 9.59 Å². The number of amides is 1. The summed E-state index contributed by atoms with van der Waals surface area (Å²) in [6, 6.07) is 5.78. The number of benzene rings is 1. The van der Waals surface area contributed by atoms with Gasteiger partial charge in [-0.15, -0.1) is 0 Å². The van der Waals surface area contributed by atoms with Crippen molar-refractivity contribution in [3.05, 3.63) is 34.9 Å². The molecule has 0 aliphatic carbocycles. The molecule has 0 saturated carbocycles. The molecule has 2 N–H and O–H groups in total. The van der Waals surface area contributed by atoms with Crippen LogP contribution in [-0.2, 0) is 9.59 Å². The zero-order valence-electron chi connectivity index (χ0n) is 11.7. The first-order valence-corrected chi connectivity index (χ1v) is 6.52. The van der Waals surface area contributed by atoms with Crippen LogP contribution in [0.1, 0.15) is 42.4 Å². The molecule has 1 rings (SSSR count). The fourth-order valence-corrected chi connectivity index (χ4v) is 2.03. The molecule has 19 heavy (non-hydrogen) atoms. The van der Waals surface area contributed by atoms with E-state index in [0.29, 0.717) is 6.54 Å². The van der Waals surface area contributed by atoms with Crippen molar-refractivity contribution >= 4 is 11.9 Å². The maximum Gasteiger partial charge on any atom is 0.304 e. The van der Waals surface area contributed by atoms with Crippen LogP contribution in [0.5, 0.6) is 0 Å². The zero-order valence-corrected chi connectivity index (χ0v) is 11.7. The first kappa shape index (κ1) is 15.2. The van der Waals surface area contributed by atoms with E-state index in [1.165, 1.54) is 0 Å². The molecule has 1 atom stereocenters. The zero-order chi connectivity index (χ0) is 14.4. The summed E-state index contributed by atoms with van der Waals surface area (Å²) in [7, 11) is 0. The molecule has 4 nitrogen and oxygen atoms in total. The van der Waals surface area contributed by atoms with Gasteiger partial charge in [-0.2, -0.15) is 0 Å². The Kier molecular flexibility index (Phi) is 5.55. The number of nitrogens with one attached hydrogen (secondary N) is 1. The highest BCUT2D eigenvalue weighted by molar-refractivity contribution is 5.88. The second-order valence-electron chi connectivity index (χ2n) is 4.80. The second-order valence-corrected chi connectivity index (χ2v) is 4.80. The van der Waals surface area contributed by atoms with E-state index in [4.69, 9.17) is 5.11 Å². The van der Waals surface area contributed by atoms with Gasteiger partial charge in [-0.1, -0.05) is 30.7 Å². The quantitative estimate of drug-likeness (QED) is 0.828. The van der Waals surface area contributed by atoms with Gasteiger partial charge in [-0.05, 0) is 31.4 Å². The van der Waals surface area contributed by atoms with Crippen LogP contribution in [0.3, 0.4) is 0 Å². The Morgan fingerprint density at radius 2 is 2.00 bits per heavy atom. The minimum atomic E-state index is -0.961. The molecule has 104 valence electrons. The van der Waals surface area contributed by atoms with Gasteiger partial charge >= 0.3 is 5.97 Å². The molecule has 1 unspecified atom stereocenters. The topological polar surface area (TPSA) is 66.4 Å². The number of carboxylic acids is 1. The predicted octanol–water partition coefficient (Wildman–Crippen LogP) is 2.39. The average Bonchev–Trinajstić information content (AvgIpc) is 2.36. The highest BCUT2D eigenvalue weighted by Crippen LogP contribution is 2.24. The van der Waals surface area contributed by atoms with E-state index in [1.54, 1.807) is 0 Å². The van der Waals surface area contributed by atoms with Crippen LogP contribution in [-0.4, -0.2) is 23.5 Å². The van der Waals surface area contributed by atoms with Crippen molar-refractivity contribution in [1.82, 2.24) is 5.32 Å². The summed E-state index contributed by atoms with van der Waals surface area (Å²) in [5.74, 6) is -1.79. The molecule has 0 aromatic heterocycles. The van der Waals surface area contributed by atoms with Crippen LogP contribution >= 0.6 is 0 Å². The van der Waals surface area contributed by atoms with Gasteiger partial charge in [0, 0.05) is 6.54 Å². The minimum absolute atomic E-state index is 0.181. The molecular formula is C15H21NO3. The molecule has 1 aromatic carbocycles. The van der Waals surface area contributed by atoms with Gasteiger partial charge in [0.25, 0.3) is 0 Å². The summed E-state index contributed by atoms with van der Waals surface area (Å²) in [6.07, 6.45) is 0.651. The second kappa shape index (κ2) is 6.92. The van der Waals surface area contributed by atoms with Crippen LogP contribution in [0.2, 0.25) is 0 Å². The number of rotatable bonds is 6. The summed E-state index contributed by atoms with van der Waals surface area (Å²) >= 11 is 0. The third-order valence-corrected chi connectivity index (χ3v) is 3.05.